The summed E-state index contributed by atoms with van der Waals surface area (Å²) in [5.74, 6) is -2.35. The minimum absolute atomic E-state index is 0.00984. The number of pyridine rings is 2. The van der Waals surface area contributed by atoms with Crippen molar-refractivity contribution in [1.82, 2.24) is 14.5 Å². The maximum atomic E-state index is 15.2. The second kappa shape index (κ2) is 7.95. The number of oxazole rings is 1. The largest absolute Gasteiger partial charge is 0.436 e. The van der Waals surface area contributed by atoms with Crippen LogP contribution >= 0.6 is 0 Å². The van der Waals surface area contributed by atoms with Crippen LogP contribution in [0.15, 0.2) is 63.9 Å². The zero-order valence-corrected chi connectivity index (χ0v) is 18.2. The minimum Gasteiger partial charge on any atom is -0.436 e. The third-order valence-electron chi connectivity index (χ3n) is 6.13. The van der Waals surface area contributed by atoms with Crippen molar-refractivity contribution >= 4 is 28.0 Å². The molecular weight excluding hydrogens is 459 g/mol. The number of rotatable bonds is 3. The van der Waals surface area contributed by atoms with Gasteiger partial charge in [0, 0.05) is 31.4 Å². The summed E-state index contributed by atoms with van der Waals surface area (Å²) in [5, 5.41) is -0.0989. The summed E-state index contributed by atoms with van der Waals surface area (Å²) in [6, 6.07) is 10.9. The lowest BCUT2D eigenvalue weighted by atomic mass is 10.1. The summed E-state index contributed by atoms with van der Waals surface area (Å²) < 4.78 is 50.8. The van der Waals surface area contributed by atoms with Crippen LogP contribution in [0.3, 0.4) is 0 Å². The van der Waals surface area contributed by atoms with E-state index < -0.39 is 22.9 Å². The van der Waals surface area contributed by atoms with Crippen molar-refractivity contribution in [3.8, 4) is 17.1 Å². The number of nitrogens with zero attached hydrogens (tertiary/aromatic N) is 4. The molecule has 1 fully saturated rings. The molecule has 10 heteroatoms. The van der Waals surface area contributed by atoms with Crippen LogP contribution in [0.5, 0.6) is 0 Å². The zero-order valence-electron chi connectivity index (χ0n) is 18.2. The number of benzene rings is 2. The molecule has 1 atom stereocenters. The fourth-order valence-corrected chi connectivity index (χ4v) is 4.42. The molecule has 1 aliphatic heterocycles. The molecule has 35 heavy (non-hydrogen) atoms. The molecule has 0 amide bonds. The van der Waals surface area contributed by atoms with E-state index >= 15 is 4.39 Å². The van der Waals surface area contributed by atoms with Crippen molar-refractivity contribution < 1.29 is 17.6 Å². The third kappa shape index (κ3) is 3.53. The van der Waals surface area contributed by atoms with Gasteiger partial charge in [0.25, 0.3) is 0 Å². The van der Waals surface area contributed by atoms with Gasteiger partial charge in [0.05, 0.1) is 11.1 Å². The van der Waals surface area contributed by atoms with Gasteiger partial charge in [0.1, 0.15) is 22.7 Å². The molecule has 0 aliphatic carbocycles. The van der Waals surface area contributed by atoms with Crippen LogP contribution in [0.2, 0.25) is 0 Å². The second-order valence-corrected chi connectivity index (χ2v) is 8.48. The first-order chi connectivity index (χ1) is 16.9. The van der Waals surface area contributed by atoms with Crippen molar-refractivity contribution in [2.24, 2.45) is 5.73 Å². The number of halogens is 3. The van der Waals surface area contributed by atoms with Crippen LogP contribution in [0.25, 0.3) is 39.3 Å². The average molecular weight is 477 g/mol. The van der Waals surface area contributed by atoms with Crippen LogP contribution < -0.4 is 16.1 Å². The molecule has 176 valence electrons. The van der Waals surface area contributed by atoms with Crippen LogP contribution in [0.4, 0.5) is 19.0 Å². The Bertz CT molecular complexity index is 1650. The monoisotopic (exact) mass is 477 g/mol. The Kier molecular flexibility index (Phi) is 4.85. The van der Waals surface area contributed by atoms with E-state index in [0.717, 1.165) is 18.2 Å². The van der Waals surface area contributed by atoms with E-state index in [4.69, 9.17) is 10.2 Å². The lowest BCUT2D eigenvalue weighted by molar-refractivity contribution is 0.578. The smallest absolute Gasteiger partial charge is 0.232 e. The zero-order chi connectivity index (χ0) is 24.3. The molecule has 0 saturated carbocycles. The first kappa shape index (κ1) is 21.4. The van der Waals surface area contributed by atoms with E-state index in [-0.39, 0.29) is 40.0 Å². The van der Waals surface area contributed by atoms with E-state index in [1.807, 2.05) is 0 Å². The van der Waals surface area contributed by atoms with Gasteiger partial charge >= 0.3 is 0 Å². The number of anilines is 1. The van der Waals surface area contributed by atoms with Crippen molar-refractivity contribution in [3.05, 3.63) is 82.4 Å². The lowest BCUT2D eigenvalue weighted by Gasteiger charge is -2.20. The summed E-state index contributed by atoms with van der Waals surface area (Å²) in [5.41, 5.74) is 6.28. The standard InChI is InChI=1S/C25H18F3N5O2/c26-13-5-6-20(17(27)9-13)33-12-16(25-30-19-3-1-2-4-21(19)35-25)22(34)15-10-18(28)24(31-23(15)33)32-8-7-14(29)11-32/h1-6,9-10,12,14H,7-8,11,29H2. The van der Waals surface area contributed by atoms with Crippen molar-refractivity contribution in [2.45, 2.75) is 12.5 Å². The molecule has 2 aromatic carbocycles. The number of hydrogen-bond acceptors (Lipinski definition) is 6. The van der Waals surface area contributed by atoms with Gasteiger partial charge in [-0.2, -0.15) is 0 Å². The van der Waals surface area contributed by atoms with Gasteiger partial charge in [-0.15, -0.1) is 0 Å². The van der Waals surface area contributed by atoms with E-state index in [1.54, 1.807) is 29.2 Å². The highest BCUT2D eigenvalue weighted by atomic mass is 19.1. The quantitative estimate of drug-likeness (QED) is 0.420. The number of aromatic nitrogens is 3. The van der Waals surface area contributed by atoms with Crippen molar-refractivity contribution in [2.75, 3.05) is 18.0 Å². The van der Waals surface area contributed by atoms with Crippen molar-refractivity contribution in [1.29, 1.82) is 0 Å². The van der Waals surface area contributed by atoms with Crippen LogP contribution in [0, 0.1) is 17.5 Å². The Balaban J connectivity index is 1.66. The Labute approximate surface area is 196 Å². The molecule has 0 bridgehead atoms. The predicted octanol–water partition coefficient (Wildman–Crippen LogP) is 4.15. The normalized spacial score (nSPS) is 16.0. The topological polar surface area (TPSA) is 90.2 Å². The lowest BCUT2D eigenvalue weighted by Crippen LogP contribution is -2.28. The van der Waals surface area contributed by atoms with Crippen LogP contribution in [0.1, 0.15) is 6.42 Å². The Morgan fingerprint density at radius 1 is 1.03 bits per heavy atom. The molecule has 0 spiro atoms. The highest BCUT2D eigenvalue weighted by Crippen LogP contribution is 2.29. The molecular formula is C25H18F3N5O2. The molecule has 6 rings (SSSR count). The number of para-hydroxylation sites is 2. The summed E-state index contributed by atoms with van der Waals surface area (Å²) in [6.07, 6.45) is 1.99. The van der Waals surface area contributed by atoms with Crippen LogP contribution in [-0.4, -0.2) is 33.7 Å². The first-order valence-electron chi connectivity index (χ1n) is 11.0. The molecule has 1 saturated heterocycles. The highest BCUT2D eigenvalue weighted by Gasteiger charge is 2.26. The molecule has 1 aliphatic rings. The van der Waals surface area contributed by atoms with E-state index in [2.05, 4.69) is 9.97 Å². The van der Waals surface area contributed by atoms with Crippen LogP contribution in [-0.2, 0) is 0 Å². The molecule has 1 unspecified atom stereocenters. The van der Waals surface area contributed by atoms with Gasteiger partial charge in [-0.1, -0.05) is 12.1 Å². The third-order valence-corrected chi connectivity index (χ3v) is 6.13. The molecule has 2 N–H and O–H groups in total. The number of nitrogens with two attached hydrogens (primary N) is 1. The molecule has 0 radical (unpaired) electrons. The van der Waals surface area contributed by atoms with Gasteiger partial charge in [-0.3, -0.25) is 9.36 Å². The summed E-state index contributed by atoms with van der Waals surface area (Å²) >= 11 is 0. The van der Waals surface area contributed by atoms with E-state index in [0.29, 0.717) is 30.6 Å². The first-order valence-corrected chi connectivity index (χ1v) is 11.0. The second-order valence-electron chi connectivity index (χ2n) is 8.48. The maximum absolute atomic E-state index is 15.2. The average Bonchev–Trinajstić information content (AvgIpc) is 3.46. The Morgan fingerprint density at radius 3 is 2.60 bits per heavy atom. The summed E-state index contributed by atoms with van der Waals surface area (Å²) in [6.45, 7) is 0.887. The number of fused-ring (bicyclic) bond motifs is 2. The molecule has 5 aromatic rings. The van der Waals surface area contributed by atoms with E-state index in [9.17, 15) is 13.6 Å². The highest BCUT2D eigenvalue weighted by molar-refractivity contribution is 5.84. The summed E-state index contributed by atoms with van der Waals surface area (Å²) in [4.78, 5) is 23.9. The van der Waals surface area contributed by atoms with Gasteiger partial charge in [0.2, 0.25) is 11.3 Å². The molecule has 4 heterocycles. The Hall–Kier alpha value is -4.18. The molecule has 7 nitrogen and oxygen atoms in total. The fraction of sp³-hybridized carbons (Fsp3) is 0.160. The van der Waals surface area contributed by atoms with E-state index in [1.165, 1.54) is 16.8 Å². The number of hydrogen-bond donors (Lipinski definition) is 1. The van der Waals surface area contributed by atoms with Gasteiger partial charge < -0.3 is 15.1 Å². The predicted molar refractivity (Wildman–Crippen MR) is 125 cm³/mol. The minimum atomic E-state index is -0.880. The SMILES string of the molecule is NC1CCN(c2nc3c(cc2F)c(=O)c(-c2nc4ccccc4o2)cn3-c2ccc(F)cc2F)C1. The van der Waals surface area contributed by atoms with Crippen molar-refractivity contribution in [3.63, 3.8) is 0 Å². The van der Waals surface area contributed by atoms with Gasteiger partial charge in [-0.05, 0) is 36.8 Å². The Morgan fingerprint density at radius 2 is 1.86 bits per heavy atom. The fourth-order valence-electron chi connectivity index (χ4n) is 4.42. The summed E-state index contributed by atoms with van der Waals surface area (Å²) in [7, 11) is 0. The van der Waals surface area contributed by atoms with Gasteiger partial charge in [0.15, 0.2) is 22.9 Å². The molecule has 3 aromatic heterocycles. The maximum Gasteiger partial charge on any atom is 0.232 e. The van der Waals surface area contributed by atoms with Gasteiger partial charge in [-0.25, -0.2) is 23.1 Å².